The lowest BCUT2D eigenvalue weighted by Crippen LogP contribution is -2.24. The maximum absolute atomic E-state index is 10.2. The molecular weight excluding hydrogens is 378 g/mol. The first-order valence-corrected chi connectivity index (χ1v) is 10.9. The lowest BCUT2D eigenvalue weighted by molar-refractivity contribution is 0.0914. The van der Waals surface area contributed by atoms with Gasteiger partial charge in [-0.1, -0.05) is 63.1 Å². The van der Waals surface area contributed by atoms with E-state index in [2.05, 4.69) is 43.4 Å². The van der Waals surface area contributed by atoms with E-state index in [1.807, 2.05) is 6.07 Å². The summed E-state index contributed by atoms with van der Waals surface area (Å²) in [6.45, 7) is 7.00. The van der Waals surface area contributed by atoms with E-state index in [1.165, 1.54) is 11.6 Å². The first-order valence-electron chi connectivity index (χ1n) is 10.9. The monoisotopic (exact) mass is 415 g/mol. The van der Waals surface area contributed by atoms with Crippen LogP contribution >= 0.6 is 0 Å². The maximum Gasteiger partial charge on any atom is 0.121 e. The Bertz CT molecular complexity index is 733. The van der Waals surface area contributed by atoms with Crippen molar-refractivity contribution < 1.29 is 20.1 Å². The quantitative estimate of drug-likeness (QED) is 0.350. The van der Waals surface area contributed by atoms with Crippen LogP contribution in [0.5, 0.6) is 5.75 Å². The van der Waals surface area contributed by atoms with Crippen LogP contribution in [-0.4, -0.2) is 41.6 Å². The number of phenols is 1. The number of benzene rings is 2. The van der Waals surface area contributed by atoms with E-state index in [-0.39, 0.29) is 17.8 Å². The van der Waals surface area contributed by atoms with Crippen LogP contribution in [0.4, 0.5) is 0 Å². The maximum atomic E-state index is 10.2. The number of hydrogen-bond acceptors (Lipinski definition) is 5. The Kier molecular flexibility index (Phi) is 10.3. The topological polar surface area (TPSA) is 82.0 Å². The first-order chi connectivity index (χ1) is 14.4. The minimum Gasteiger partial charge on any atom is -0.508 e. The normalized spacial score (nSPS) is 12.8. The average Bonchev–Trinajstić information content (AvgIpc) is 2.75. The van der Waals surface area contributed by atoms with Crippen molar-refractivity contribution in [3.63, 3.8) is 0 Å². The third-order valence-corrected chi connectivity index (χ3v) is 5.41. The molecule has 0 saturated carbocycles. The van der Waals surface area contributed by atoms with Crippen LogP contribution in [0.25, 0.3) is 0 Å². The number of unbranched alkanes of at least 4 members (excludes halogenated alkanes) is 3. The lowest BCUT2D eigenvalue weighted by Gasteiger charge is -2.25. The SMILES string of the molecule is CC(C)(COCCCCCCNC[C@H](O)c1ccc(O)c(CO)c1)c1ccccc1. The Labute approximate surface area is 180 Å². The Morgan fingerprint density at radius 1 is 1.00 bits per heavy atom. The zero-order chi connectivity index (χ0) is 21.8. The van der Waals surface area contributed by atoms with E-state index in [0.29, 0.717) is 17.7 Å². The molecule has 0 radical (unpaired) electrons. The van der Waals surface area contributed by atoms with Crippen molar-refractivity contribution >= 4 is 0 Å². The highest BCUT2D eigenvalue weighted by Gasteiger charge is 2.20. The van der Waals surface area contributed by atoms with Gasteiger partial charge < -0.3 is 25.4 Å². The van der Waals surface area contributed by atoms with Crippen LogP contribution in [0.1, 0.15) is 62.3 Å². The molecule has 2 aromatic rings. The van der Waals surface area contributed by atoms with Gasteiger partial charge >= 0.3 is 0 Å². The fourth-order valence-corrected chi connectivity index (χ4v) is 3.40. The number of aromatic hydroxyl groups is 1. The summed E-state index contributed by atoms with van der Waals surface area (Å²) in [5.74, 6) is 0.0500. The average molecular weight is 416 g/mol. The Balaban J connectivity index is 1.50. The molecule has 0 spiro atoms. The van der Waals surface area contributed by atoms with Crippen LogP contribution in [-0.2, 0) is 16.8 Å². The van der Waals surface area contributed by atoms with Crippen molar-refractivity contribution in [3.05, 3.63) is 65.2 Å². The summed E-state index contributed by atoms with van der Waals surface area (Å²) in [4.78, 5) is 0. The predicted molar refractivity (Wildman–Crippen MR) is 121 cm³/mol. The first kappa shape index (κ1) is 24.4. The minimum atomic E-state index is -0.655. The fraction of sp³-hybridized carbons (Fsp3) is 0.520. The molecule has 0 aliphatic carbocycles. The molecule has 5 nitrogen and oxygen atoms in total. The highest BCUT2D eigenvalue weighted by atomic mass is 16.5. The van der Waals surface area contributed by atoms with Gasteiger partial charge in [-0.05, 0) is 42.6 Å². The molecule has 0 aliphatic heterocycles. The lowest BCUT2D eigenvalue weighted by atomic mass is 9.86. The Morgan fingerprint density at radius 3 is 2.47 bits per heavy atom. The molecule has 0 heterocycles. The molecule has 2 aromatic carbocycles. The van der Waals surface area contributed by atoms with Crippen molar-refractivity contribution in [2.75, 3.05) is 26.3 Å². The molecule has 0 saturated heterocycles. The molecule has 0 fully saturated rings. The molecule has 0 aromatic heterocycles. The molecule has 30 heavy (non-hydrogen) atoms. The van der Waals surface area contributed by atoms with Gasteiger partial charge in [0.1, 0.15) is 5.75 Å². The largest absolute Gasteiger partial charge is 0.508 e. The van der Waals surface area contributed by atoms with E-state index in [9.17, 15) is 15.3 Å². The summed E-state index contributed by atoms with van der Waals surface area (Å²) in [7, 11) is 0. The van der Waals surface area contributed by atoms with Crippen LogP contribution in [0, 0.1) is 0 Å². The van der Waals surface area contributed by atoms with Crippen molar-refractivity contribution in [2.24, 2.45) is 0 Å². The highest BCUT2D eigenvalue weighted by Crippen LogP contribution is 2.23. The molecule has 5 heteroatoms. The molecule has 0 bridgehead atoms. The van der Waals surface area contributed by atoms with E-state index in [0.717, 1.165) is 45.4 Å². The third kappa shape index (κ3) is 8.07. The second kappa shape index (κ2) is 12.7. The van der Waals surface area contributed by atoms with Gasteiger partial charge in [0.25, 0.3) is 0 Å². The van der Waals surface area contributed by atoms with Crippen molar-refractivity contribution in [3.8, 4) is 5.75 Å². The van der Waals surface area contributed by atoms with Gasteiger partial charge in [-0.2, -0.15) is 0 Å². The van der Waals surface area contributed by atoms with Crippen LogP contribution in [0.2, 0.25) is 0 Å². The van der Waals surface area contributed by atoms with E-state index >= 15 is 0 Å². The van der Waals surface area contributed by atoms with Gasteiger partial charge in [0, 0.05) is 24.1 Å². The summed E-state index contributed by atoms with van der Waals surface area (Å²) in [5.41, 5.74) is 2.46. The van der Waals surface area contributed by atoms with E-state index in [4.69, 9.17) is 4.74 Å². The van der Waals surface area contributed by atoms with E-state index < -0.39 is 6.10 Å². The number of aliphatic hydroxyl groups excluding tert-OH is 2. The molecule has 1 atom stereocenters. The van der Waals surface area contributed by atoms with Crippen LogP contribution in [0.3, 0.4) is 0 Å². The van der Waals surface area contributed by atoms with Gasteiger partial charge in [-0.3, -0.25) is 0 Å². The third-order valence-electron chi connectivity index (χ3n) is 5.41. The summed E-state index contributed by atoms with van der Waals surface area (Å²) in [6.07, 6.45) is 3.72. The number of aliphatic hydroxyl groups is 2. The molecule has 4 N–H and O–H groups in total. The number of ether oxygens (including phenoxy) is 1. The minimum absolute atomic E-state index is 0.0292. The molecule has 2 rings (SSSR count). The molecule has 166 valence electrons. The Morgan fingerprint density at radius 2 is 1.73 bits per heavy atom. The van der Waals surface area contributed by atoms with Gasteiger partial charge in [0.2, 0.25) is 0 Å². The molecule has 0 amide bonds. The van der Waals surface area contributed by atoms with Crippen molar-refractivity contribution in [2.45, 2.75) is 57.7 Å². The fourth-order valence-electron chi connectivity index (χ4n) is 3.40. The highest BCUT2D eigenvalue weighted by molar-refractivity contribution is 5.36. The second-order valence-electron chi connectivity index (χ2n) is 8.48. The number of hydrogen-bond donors (Lipinski definition) is 4. The summed E-state index contributed by atoms with van der Waals surface area (Å²) >= 11 is 0. The van der Waals surface area contributed by atoms with Gasteiger partial charge in [0.15, 0.2) is 0 Å². The van der Waals surface area contributed by atoms with Gasteiger partial charge in [-0.15, -0.1) is 0 Å². The molecular formula is C25H37NO4. The van der Waals surface area contributed by atoms with Gasteiger partial charge in [-0.25, -0.2) is 0 Å². The van der Waals surface area contributed by atoms with E-state index in [1.54, 1.807) is 12.1 Å². The van der Waals surface area contributed by atoms with Gasteiger partial charge in [0.05, 0.1) is 19.3 Å². The number of nitrogens with one attached hydrogen (secondary N) is 1. The van der Waals surface area contributed by atoms with Crippen molar-refractivity contribution in [1.29, 1.82) is 0 Å². The standard InChI is InChI=1S/C25H37NO4/c1-25(2,22-10-6-5-7-11-22)19-30-15-9-4-3-8-14-26-17-24(29)20-12-13-23(28)21(16-20)18-27/h5-7,10-13,16,24,26-29H,3-4,8-9,14-15,17-19H2,1-2H3/t24-/m0/s1. The molecule has 0 unspecified atom stereocenters. The van der Waals surface area contributed by atoms with Crippen LogP contribution in [0.15, 0.2) is 48.5 Å². The summed E-state index contributed by atoms with van der Waals surface area (Å²) < 4.78 is 5.90. The predicted octanol–water partition coefficient (Wildman–Crippen LogP) is 4.06. The zero-order valence-corrected chi connectivity index (χ0v) is 18.3. The number of rotatable bonds is 14. The smallest absolute Gasteiger partial charge is 0.121 e. The second-order valence-corrected chi connectivity index (χ2v) is 8.48. The Hall–Kier alpha value is -1.92. The zero-order valence-electron chi connectivity index (χ0n) is 18.3. The van der Waals surface area contributed by atoms with Crippen molar-refractivity contribution in [1.82, 2.24) is 5.32 Å². The van der Waals surface area contributed by atoms with Crippen LogP contribution < -0.4 is 5.32 Å². The molecule has 0 aliphatic rings. The summed E-state index contributed by atoms with van der Waals surface area (Å²) in [5, 5.41) is 32.3. The summed E-state index contributed by atoms with van der Waals surface area (Å²) in [6, 6.07) is 15.3.